The van der Waals surface area contributed by atoms with Crippen molar-refractivity contribution < 1.29 is 4.42 Å². The predicted molar refractivity (Wildman–Crippen MR) is 63.9 cm³/mol. The van der Waals surface area contributed by atoms with Crippen molar-refractivity contribution in [2.75, 3.05) is 0 Å². The first-order valence-electron chi connectivity index (χ1n) is 5.66. The lowest BCUT2D eigenvalue weighted by Crippen LogP contribution is -2.13. The molecule has 0 saturated carbocycles. The van der Waals surface area contributed by atoms with Crippen molar-refractivity contribution in [3.8, 4) is 11.5 Å². The molecule has 0 aliphatic carbocycles. The van der Waals surface area contributed by atoms with E-state index >= 15 is 0 Å². The summed E-state index contributed by atoms with van der Waals surface area (Å²) in [5.74, 6) is 1.48. The van der Waals surface area contributed by atoms with Gasteiger partial charge in [-0.1, -0.05) is 13.8 Å². The predicted octanol–water partition coefficient (Wildman–Crippen LogP) is 2.18. The Morgan fingerprint density at radius 1 is 1.24 bits per heavy atom. The fraction of sp³-hybridized carbons (Fsp3) is 0.417. The molecule has 1 atom stereocenters. The van der Waals surface area contributed by atoms with Crippen LogP contribution in [0, 0.1) is 5.92 Å². The number of aromatic nitrogens is 3. The summed E-state index contributed by atoms with van der Waals surface area (Å²) >= 11 is 0. The van der Waals surface area contributed by atoms with Gasteiger partial charge in [0.05, 0.1) is 6.04 Å². The lowest BCUT2D eigenvalue weighted by molar-refractivity contribution is 0.408. The highest BCUT2D eigenvalue weighted by molar-refractivity contribution is 5.50. The second kappa shape index (κ2) is 5.05. The number of hydrogen-bond donors (Lipinski definition) is 1. The average Bonchev–Trinajstić information content (AvgIpc) is 2.78. The normalized spacial score (nSPS) is 12.9. The van der Waals surface area contributed by atoms with E-state index in [1.54, 1.807) is 12.4 Å². The molecule has 2 aromatic rings. The van der Waals surface area contributed by atoms with Gasteiger partial charge in [-0.25, -0.2) is 0 Å². The first-order chi connectivity index (χ1) is 8.16. The highest BCUT2D eigenvalue weighted by atomic mass is 16.4. The Bertz CT molecular complexity index is 466. The van der Waals surface area contributed by atoms with Gasteiger partial charge in [-0.2, -0.15) is 0 Å². The van der Waals surface area contributed by atoms with E-state index in [1.807, 2.05) is 12.1 Å². The van der Waals surface area contributed by atoms with Gasteiger partial charge < -0.3 is 10.2 Å². The molecule has 2 aromatic heterocycles. The molecule has 0 fully saturated rings. The van der Waals surface area contributed by atoms with Gasteiger partial charge in [0.15, 0.2) is 0 Å². The fourth-order valence-corrected chi connectivity index (χ4v) is 1.60. The highest BCUT2D eigenvalue weighted by Gasteiger charge is 2.16. The smallest absolute Gasteiger partial charge is 0.247 e. The fourth-order valence-electron chi connectivity index (χ4n) is 1.60. The molecule has 0 bridgehead atoms. The third-order valence-electron chi connectivity index (χ3n) is 2.41. The van der Waals surface area contributed by atoms with E-state index in [0.29, 0.717) is 17.7 Å². The monoisotopic (exact) mass is 232 g/mol. The van der Waals surface area contributed by atoms with E-state index in [9.17, 15) is 0 Å². The number of nitrogens with zero attached hydrogens (tertiary/aromatic N) is 3. The SMILES string of the molecule is CC(C)CC(N)c1nnc(-c2ccncc2)o1. The summed E-state index contributed by atoms with van der Waals surface area (Å²) in [5, 5.41) is 7.97. The molecular weight excluding hydrogens is 216 g/mol. The summed E-state index contributed by atoms with van der Waals surface area (Å²) in [6.45, 7) is 4.22. The van der Waals surface area contributed by atoms with Crippen LogP contribution in [-0.4, -0.2) is 15.2 Å². The van der Waals surface area contributed by atoms with Gasteiger partial charge in [-0.3, -0.25) is 4.98 Å². The zero-order valence-electron chi connectivity index (χ0n) is 10.00. The van der Waals surface area contributed by atoms with Crippen molar-refractivity contribution >= 4 is 0 Å². The van der Waals surface area contributed by atoms with Crippen LogP contribution in [0.4, 0.5) is 0 Å². The molecule has 0 aromatic carbocycles. The number of nitrogens with two attached hydrogens (primary N) is 1. The van der Waals surface area contributed by atoms with E-state index in [1.165, 1.54) is 0 Å². The van der Waals surface area contributed by atoms with E-state index in [0.717, 1.165) is 12.0 Å². The summed E-state index contributed by atoms with van der Waals surface area (Å²) in [7, 11) is 0. The molecule has 5 heteroatoms. The number of hydrogen-bond acceptors (Lipinski definition) is 5. The maximum Gasteiger partial charge on any atom is 0.247 e. The zero-order valence-corrected chi connectivity index (χ0v) is 10.00. The summed E-state index contributed by atoms with van der Waals surface area (Å²) in [6.07, 6.45) is 4.21. The molecule has 0 radical (unpaired) electrons. The average molecular weight is 232 g/mol. The molecule has 1 unspecified atom stereocenters. The summed E-state index contributed by atoms with van der Waals surface area (Å²) in [4.78, 5) is 3.94. The minimum atomic E-state index is -0.196. The van der Waals surface area contributed by atoms with Crippen LogP contribution in [0.1, 0.15) is 32.2 Å². The minimum absolute atomic E-state index is 0.196. The lowest BCUT2D eigenvalue weighted by Gasteiger charge is -2.08. The van der Waals surface area contributed by atoms with E-state index < -0.39 is 0 Å². The molecule has 17 heavy (non-hydrogen) atoms. The Labute approximate surface area is 100 Å². The maximum absolute atomic E-state index is 5.98. The largest absolute Gasteiger partial charge is 0.419 e. The molecule has 90 valence electrons. The van der Waals surface area contributed by atoms with Crippen LogP contribution in [0.3, 0.4) is 0 Å². The Morgan fingerprint density at radius 2 is 1.94 bits per heavy atom. The third kappa shape index (κ3) is 2.88. The zero-order chi connectivity index (χ0) is 12.3. The van der Waals surface area contributed by atoms with Crippen LogP contribution in [-0.2, 0) is 0 Å². The number of rotatable bonds is 4. The van der Waals surface area contributed by atoms with Gasteiger partial charge in [-0.15, -0.1) is 10.2 Å². The van der Waals surface area contributed by atoms with Gasteiger partial charge in [0.2, 0.25) is 11.8 Å². The Kier molecular flexibility index (Phi) is 3.49. The third-order valence-corrected chi connectivity index (χ3v) is 2.41. The Morgan fingerprint density at radius 3 is 2.59 bits per heavy atom. The van der Waals surface area contributed by atoms with E-state index in [4.69, 9.17) is 10.2 Å². The van der Waals surface area contributed by atoms with Crippen LogP contribution in [0.5, 0.6) is 0 Å². The topological polar surface area (TPSA) is 77.8 Å². The molecule has 5 nitrogen and oxygen atoms in total. The maximum atomic E-state index is 5.98. The molecule has 0 amide bonds. The minimum Gasteiger partial charge on any atom is -0.419 e. The van der Waals surface area contributed by atoms with Crippen molar-refractivity contribution in [3.05, 3.63) is 30.4 Å². The molecule has 0 spiro atoms. The molecule has 2 heterocycles. The molecule has 0 aliphatic rings. The first-order valence-corrected chi connectivity index (χ1v) is 5.66. The summed E-state index contributed by atoms with van der Waals surface area (Å²) in [6, 6.07) is 3.45. The molecule has 0 aliphatic heterocycles. The van der Waals surface area contributed by atoms with Crippen molar-refractivity contribution in [1.29, 1.82) is 0 Å². The van der Waals surface area contributed by atoms with Crippen molar-refractivity contribution in [1.82, 2.24) is 15.2 Å². The Balaban J connectivity index is 2.16. The van der Waals surface area contributed by atoms with Crippen LogP contribution in [0.25, 0.3) is 11.5 Å². The van der Waals surface area contributed by atoms with Crippen LogP contribution in [0.2, 0.25) is 0 Å². The van der Waals surface area contributed by atoms with Gasteiger partial charge in [0.25, 0.3) is 0 Å². The standard InChI is InChI=1S/C12H16N4O/c1-8(2)7-10(13)12-16-15-11(17-12)9-3-5-14-6-4-9/h3-6,8,10H,7,13H2,1-2H3. The van der Waals surface area contributed by atoms with Crippen molar-refractivity contribution in [3.63, 3.8) is 0 Å². The quantitative estimate of drug-likeness (QED) is 0.874. The summed E-state index contributed by atoms with van der Waals surface area (Å²) in [5.41, 5.74) is 6.84. The lowest BCUT2D eigenvalue weighted by atomic mass is 10.1. The van der Waals surface area contributed by atoms with Crippen LogP contribution in [0.15, 0.2) is 28.9 Å². The second-order valence-corrected chi connectivity index (χ2v) is 4.42. The van der Waals surface area contributed by atoms with Gasteiger partial charge >= 0.3 is 0 Å². The van der Waals surface area contributed by atoms with Gasteiger partial charge in [-0.05, 0) is 24.5 Å². The number of pyridine rings is 1. The highest BCUT2D eigenvalue weighted by Crippen LogP contribution is 2.22. The summed E-state index contributed by atoms with van der Waals surface area (Å²) < 4.78 is 5.56. The molecular formula is C12H16N4O. The van der Waals surface area contributed by atoms with Crippen LogP contribution < -0.4 is 5.73 Å². The van der Waals surface area contributed by atoms with E-state index in [-0.39, 0.29) is 6.04 Å². The van der Waals surface area contributed by atoms with Crippen LogP contribution >= 0.6 is 0 Å². The van der Waals surface area contributed by atoms with Crippen molar-refractivity contribution in [2.24, 2.45) is 11.7 Å². The van der Waals surface area contributed by atoms with Crippen molar-refractivity contribution in [2.45, 2.75) is 26.3 Å². The van der Waals surface area contributed by atoms with Gasteiger partial charge in [0.1, 0.15) is 0 Å². The van der Waals surface area contributed by atoms with Gasteiger partial charge in [0, 0.05) is 18.0 Å². The van der Waals surface area contributed by atoms with E-state index in [2.05, 4.69) is 29.0 Å². The molecule has 2 N–H and O–H groups in total. The second-order valence-electron chi connectivity index (χ2n) is 4.42. The molecule has 2 rings (SSSR count). The molecule has 0 saturated heterocycles. The Hall–Kier alpha value is -1.75. The first kappa shape index (κ1) is 11.7.